The van der Waals surface area contributed by atoms with Crippen LogP contribution in [0, 0.1) is 5.92 Å². The molecule has 6 heteroatoms. The van der Waals surface area contributed by atoms with Crippen molar-refractivity contribution < 1.29 is 4.79 Å². The zero-order chi connectivity index (χ0) is 24.9. The Morgan fingerprint density at radius 1 is 1.14 bits per heavy atom. The van der Waals surface area contributed by atoms with E-state index >= 15 is 0 Å². The number of H-pyrrole nitrogens is 1. The van der Waals surface area contributed by atoms with E-state index in [0.717, 1.165) is 76.8 Å². The van der Waals surface area contributed by atoms with Crippen LogP contribution in [0.2, 0.25) is 0 Å². The summed E-state index contributed by atoms with van der Waals surface area (Å²) < 4.78 is 2.48. The van der Waals surface area contributed by atoms with Crippen molar-refractivity contribution >= 4 is 16.8 Å². The van der Waals surface area contributed by atoms with Crippen LogP contribution in [0.25, 0.3) is 10.9 Å². The van der Waals surface area contributed by atoms with Crippen LogP contribution < -0.4 is 5.32 Å². The van der Waals surface area contributed by atoms with E-state index in [9.17, 15) is 4.79 Å². The minimum Gasteiger partial charge on any atom is -0.356 e. The van der Waals surface area contributed by atoms with E-state index in [1.807, 2.05) is 6.20 Å². The van der Waals surface area contributed by atoms with Gasteiger partial charge in [0.05, 0.1) is 17.9 Å². The lowest BCUT2D eigenvalue weighted by molar-refractivity contribution is -0.127. The molecule has 1 unspecified atom stereocenters. The standard InChI is InChI=1S/C30H43N5O/c1-3-5-15-35-19-22-17-28-26(25-11-9-12-27(35)29(22)25)16-23(20-34(28)14-4-2)30(36)32-13-8-6-7-10-24-18-31-21-33-24/h9,11-12,18-19,21,23,26,28H,3-8,10,13-17,20H2,1-2H3,(H,31,33)(H,32,36)/t23?,26-,28-/m1/s1. The molecular weight excluding hydrogens is 446 g/mol. The lowest BCUT2D eigenvalue weighted by atomic mass is 9.72. The largest absolute Gasteiger partial charge is 0.356 e. The molecule has 2 aliphatic rings. The van der Waals surface area contributed by atoms with Crippen LogP contribution >= 0.6 is 0 Å². The number of benzene rings is 1. The van der Waals surface area contributed by atoms with Crippen molar-refractivity contribution in [1.29, 1.82) is 0 Å². The van der Waals surface area contributed by atoms with Gasteiger partial charge in [-0.25, -0.2) is 4.98 Å². The van der Waals surface area contributed by atoms with Crippen LogP contribution in [0.1, 0.15) is 81.5 Å². The summed E-state index contributed by atoms with van der Waals surface area (Å²) in [4.78, 5) is 23.2. The highest BCUT2D eigenvalue weighted by atomic mass is 16.1. The molecule has 0 bridgehead atoms. The molecule has 1 fully saturated rings. The minimum atomic E-state index is 0.0702. The number of hydrogen-bond donors (Lipinski definition) is 2. The van der Waals surface area contributed by atoms with E-state index in [1.54, 1.807) is 6.33 Å². The highest BCUT2D eigenvalue weighted by Gasteiger charge is 2.42. The molecule has 1 saturated heterocycles. The molecule has 36 heavy (non-hydrogen) atoms. The summed E-state index contributed by atoms with van der Waals surface area (Å²) in [6, 6.07) is 7.39. The molecule has 194 valence electrons. The van der Waals surface area contributed by atoms with Crippen molar-refractivity contribution in [2.45, 2.75) is 90.1 Å². The van der Waals surface area contributed by atoms with Gasteiger partial charge in [-0.05, 0) is 68.7 Å². The Hall–Kier alpha value is -2.60. The predicted octanol–water partition coefficient (Wildman–Crippen LogP) is 5.43. The summed E-state index contributed by atoms with van der Waals surface area (Å²) in [7, 11) is 0. The number of nitrogens with zero attached hydrogens (tertiary/aromatic N) is 3. The van der Waals surface area contributed by atoms with Gasteiger partial charge in [0, 0.05) is 54.9 Å². The van der Waals surface area contributed by atoms with E-state index in [-0.39, 0.29) is 11.8 Å². The van der Waals surface area contributed by atoms with Crippen molar-refractivity contribution in [3.8, 4) is 0 Å². The van der Waals surface area contributed by atoms with Gasteiger partial charge in [-0.3, -0.25) is 9.69 Å². The molecule has 1 aliphatic heterocycles. The summed E-state index contributed by atoms with van der Waals surface area (Å²) in [6.07, 6.45) is 16.0. The number of aromatic nitrogens is 3. The van der Waals surface area contributed by atoms with Gasteiger partial charge in [-0.1, -0.05) is 38.8 Å². The van der Waals surface area contributed by atoms with Gasteiger partial charge < -0.3 is 14.9 Å². The van der Waals surface area contributed by atoms with Crippen LogP contribution in [0.5, 0.6) is 0 Å². The Kier molecular flexibility index (Phi) is 8.10. The average Bonchev–Trinajstić information content (AvgIpc) is 3.54. The summed E-state index contributed by atoms with van der Waals surface area (Å²) >= 11 is 0. The highest BCUT2D eigenvalue weighted by Crippen LogP contribution is 2.45. The number of hydrogen-bond acceptors (Lipinski definition) is 3. The van der Waals surface area contributed by atoms with Crippen LogP contribution in [-0.2, 0) is 24.2 Å². The summed E-state index contributed by atoms with van der Waals surface area (Å²) in [5.41, 5.74) is 5.50. The van der Waals surface area contributed by atoms with Gasteiger partial charge in [0.15, 0.2) is 0 Å². The fourth-order valence-corrected chi connectivity index (χ4v) is 6.61. The molecule has 0 radical (unpaired) electrons. The molecule has 2 N–H and O–H groups in total. The number of nitrogens with one attached hydrogen (secondary N) is 2. The first-order valence-electron chi connectivity index (χ1n) is 14.3. The molecule has 1 amide bonds. The number of aryl methyl sites for hydroxylation is 2. The zero-order valence-corrected chi connectivity index (χ0v) is 22.1. The quantitative estimate of drug-likeness (QED) is 0.333. The Balaban J connectivity index is 1.25. The maximum atomic E-state index is 13.3. The summed E-state index contributed by atoms with van der Waals surface area (Å²) in [5.74, 6) is 0.759. The van der Waals surface area contributed by atoms with Crippen molar-refractivity contribution in [1.82, 2.24) is 24.8 Å². The Bertz CT molecular complexity index is 1130. The third kappa shape index (κ3) is 5.24. The monoisotopic (exact) mass is 489 g/mol. The van der Waals surface area contributed by atoms with Crippen molar-refractivity contribution in [3.05, 3.63) is 53.7 Å². The van der Waals surface area contributed by atoms with Crippen LogP contribution in [0.3, 0.4) is 0 Å². The summed E-state index contributed by atoms with van der Waals surface area (Å²) in [5, 5.41) is 4.76. The predicted molar refractivity (Wildman–Crippen MR) is 146 cm³/mol. The van der Waals surface area contributed by atoms with E-state index in [0.29, 0.717) is 12.0 Å². The first-order chi connectivity index (χ1) is 17.7. The second kappa shape index (κ2) is 11.6. The molecule has 3 aromatic rings. The lowest BCUT2D eigenvalue weighted by Crippen LogP contribution is -2.53. The van der Waals surface area contributed by atoms with Crippen molar-refractivity contribution in [2.24, 2.45) is 5.92 Å². The maximum absolute atomic E-state index is 13.3. The van der Waals surface area contributed by atoms with Gasteiger partial charge in [-0.15, -0.1) is 0 Å². The first kappa shape index (κ1) is 25.1. The normalized spacial score (nSPS) is 21.6. The molecule has 3 heterocycles. The van der Waals surface area contributed by atoms with E-state index in [1.165, 1.54) is 34.9 Å². The molecule has 3 atom stereocenters. The smallest absolute Gasteiger partial charge is 0.224 e. The van der Waals surface area contributed by atoms with Gasteiger partial charge in [0.25, 0.3) is 0 Å². The van der Waals surface area contributed by atoms with Gasteiger partial charge in [-0.2, -0.15) is 0 Å². The van der Waals surface area contributed by atoms with Gasteiger partial charge in [0.2, 0.25) is 5.91 Å². The molecule has 1 aromatic carbocycles. The number of aromatic amines is 1. The number of carbonyl (C=O) groups is 1. The molecule has 0 spiro atoms. The molecular formula is C30H43N5O. The number of fused-ring (bicyclic) bond motifs is 2. The maximum Gasteiger partial charge on any atom is 0.224 e. The number of rotatable bonds is 12. The second-order valence-electron chi connectivity index (χ2n) is 10.9. The zero-order valence-electron chi connectivity index (χ0n) is 22.1. The molecule has 1 aliphatic carbocycles. The first-order valence-corrected chi connectivity index (χ1v) is 14.3. The van der Waals surface area contributed by atoms with E-state index in [2.05, 4.69) is 63.0 Å². The number of likely N-dealkylation sites (tertiary alicyclic amines) is 1. The average molecular weight is 490 g/mol. The lowest BCUT2D eigenvalue weighted by Gasteiger charge is -2.46. The molecule has 6 nitrogen and oxygen atoms in total. The van der Waals surface area contributed by atoms with Crippen molar-refractivity contribution in [3.63, 3.8) is 0 Å². The van der Waals surface area contributed by atoms with Crippen molar-refractivity contribution in [2.75, 3.05) is 19.6 Å². The Labute approximate surface area is 215 Å². The molecule has 5 rings (SSSR count). The van der Waals surface area contributed by atoms with Gasteiger partial charge >= 0.3 is 0 Å². The Morgan fingerprint density at radius 2 is 2.06 bits per heavy atom. The fraction of sp³-hybridized carbons (Fsp3) is 0.600. The third-order valence-electron chi connectivity index (χ3n) is 8.37. The number of unbranched alkanes of at least 4 members (excludes halogenated alkanes) is 3. The molecule has 0 saturated carbocycles. The van der Waals surface area contributed by atoms with Gasteiger partial charge in [0.1, 0.15) is 0 Å². The van der Waals surface area contributed by atoms with E-state index < -0.39 is 0 Å². The Morgan fingerprint density at radius 3 is 2.86 bits per heavy atom. The number of amides is 1. The van der Waals surface area contributed by atoms with Crippen LogP contribution in [-0.4, -0.2) is 51.0 Å². The van der Waals surface area contributed by atoms with E-state index in [4.69, 9.17) is 0 Å². The third-order valence-corrected chi connectivity index (χ3v) is 8.37. The number of imidazole rings is 1. The topological polar surface area (TPSA) is 66.0 Å². The van der Waals surface area contributed by atoms with Crippen LogP contribution in [0.4, 0.5) is 0 Å². The minimum absolute atomic E-state index is 0.0702. The van der Waals surface area contributed by atoms with Crippen LogP contribution in [0.15, 0.2) is 36.9 Å². The number of piperidine rings is 1. The highest BCUT2D eigenvalue weighted by molar-refractivity contribution is 5.89. The SMILES string of the molecule is CCCCn1cc2c3c(cccc31)[C@H]1CC(C(=O)NCCCCCc3c[nH]cn3)CN(CCC)[C@@H]1C2. The fourth-order valence-electron chi connectivity index (χ4n) is 6.61. The molecule has 2 aromatic heterocycles. The second-order valence-corrected chi connectivity index (χ2v) is 10.9. The summed E-state index contributed by atoms with van der Waals surface area (Å²) in [6.45, 7) is 8.36. The number of carbonyl (C=O) groups excluding carboxylic acids is 1.